The number of benzene rings is 7. The lowest BCUT2D eigenvalue weighted by atomic mass is 9.84. The van der Waals surface area contributed by atoms with E-state index in [-0.39, 0.29) is 0 Å². The Morgan fingerprint density at radius 2 is 0.750 bits per heavy atom. The lowest BCUT2D eigenvalue weighted by Crippen LogP contribution is -1.92. The smallest absolute Gasteiger partial charge is 0.0701 e. The van der Waals surface area contributed by atoms with Crippen LogP contribution in [-0.2, 0) is 0 Å². The molecule has 48 heavy (non-hydrogen) atoms. The van der Waals surface area contributed by atoms with E-state index in [0.29, 0.717) is 0 Å². The molecule has 2 heterocycles. The summed E-state index contributed by atoms with van der Waals surface area (Å²) in [7, 11) is 0. The van der Waals surface area contributed by atoms with E-state index in [9.17, 15) is 0 Å². The van der Waals surface area contributed by atoms with E-state index in [1.165, 1.54) is 65.7 Å². The first kappa shape index (κ1) is 27.9. The largest absolute Gasteiger partial charge is 0.256 e. The third-order valence-corrected chi connectivity index (χ3v) is 9.39. The molecule has 0 aliphatic carbocycles. The van der Waals surface area contributed by atoms with Gasteiger partial charge in [0.2, 0.25) is 0 Å². The first-order valence-electron chi connectivity index (χ1n) is 16.3. The Kier molecular flexibility index (Phi) is 6.84. The highest BCUT2D eigenvalue weighted by atomic mass is 14.7. The molecule has 0 saturated carbocycles. The zero-order valence-electron chi connectivity index (χ0n) is 26.2. The van der Waals surface area contributed by atoms with Crippen LogP contribution in [0.4, 0.5) is 0 Å². The zero-order valence-corrected chi connectivity index (χ0v) is 26.2. The van der Waals surface area contributed by atoms with Crippen LogP contribution in [0.25, 0.3) is 88.2 Å². The molecule has 7 aromatic carbocycles. The zero-order chi connectivity index (χ0) is 31.9. The molecule has 0 N–H and O–H groups in total. The maximum atomic E-state index is 4.59. The fourth-order valence-electron chi connectivity index (χ4n) is 7.13. The van der Waals surface area contributed by atoms with Crippen LogP contribution >= 0.6 is 0 Å². The molecule has 0 spiro atoms. The first-order chi connectivity index (χ1) is 23.8. The second-order valence-electron chi connectivity index (χ2n) is 12.2. The van der Waals surface area contributed by atoms with Gasteiger partial charge in [-0.2, -0.15) is 0 Å². The number of aromatic nitrogens is 2. The van der Waals surface area contributed by atoms with Crippen molar-refractivity contribution in [3.05, 3.63) is 182 Å². The van der Waals surface area contributed by atoms with Crippen molar-refractivity contribution >= 4 is 32.3 Å². The predicted octanol–water partition coefficient (Wildman–Crippen LogP) is 12.3. The minimum absolute atomic E-state index is 0.974. The summed E-state index contributed by atoms with van der Waals surface area (Å²) < 4.78 is 0. The molecule has 0 aliphatic rings. The molecule has 0 unspecified atom stereocenters. The Bertz CT molecular complexity index is 2570. The van der Waals surface area contributed by atoms with Gasteiger partial charge in [-0.25, -0.2) is 0 Å². The highest BCUT2D eigenvalue weighted by molar-refractivity contribution is 6.22. The molecule has 0 atom stereocenters. The normalized spacial score (nSPS) is 11.3. The van der Waals surface area contributed by atoms with Gasteiger partial charge in [0.25, 0.3) is 0 Å². The van der Waals surface area contributed by atoms with Crippen molar-refractivity contribution in [3.63, 3.8) is 0 Å². The molecule has 2 heteroatoms. The second kappa shape index (κ2) is 11.8. The monoisotopic (exact) mass is 610 g/mol. The fourth-order valence-corrected chi connectivity index (χ4v) is 7.13. The van der Waals surface area contributed by atoms with Gasteiger partial charge in [0, 0.05) is 23.5 Å². The molecule has 0 saturated heterocycles. The average Bonchev–Trinajstić information content (AvgIpc) is 3.17. The standard InChI is InChI=1S/C46H30N2/c1-2-12-37-31(10-1)11-9-15-38(37)36-26-27-41-42(30-36)46(35-24-20-33(21-25-35)44-17-6-8-29-48-44)40-14-4-3-13-39(40)45(41)34-22-18-32(19-23-34)43-16-5-7-28-47-43/h1-30H. The number of fused-ring (bicyclic) bond motifs is 3. The van der Waals surface area contributed by atoms with Crippen molar-refractivity contribution in [2.24, 2.45) is 0 Å². The van der Waals surface area contributed by atoms with Crippen LogP contribution in [-0.4, -0.2) is 9.97 Å². The van der Waals surface area contributed by atoms with Crippen molar-refractivity contribution in [1.29, 1.82) is 0 Å². The molecule has 224 valence electrons. The van der Waals surface area contributed by atoms with E-state index >= 15 is 0 Å². The van der Waals surface area contributed by atoms with Crippen molar-refractivity contribution in [3.8, 4) is 55.9 Å². The summed E-state index contributed by atoms with van der Waals surface area (Å²) in [5.74, 6) is 0. The topological polar surface area (TPSA) is 25.8 Å². The van der Waals surface area contributed by atoms with Gasteiger partial charge in [-0.3, -0.25) is 9.97 Å². The maximum Gasteiger partial charge on any atom is 0.0701 e. The number of hydrogen-bond donors (Lipinski definition) is 0. The third-order valence-electron chi connectivity index (χ3n) is 9.39. The van der Waals surface area contributed by atoms with Gasteiger partial charge in [0.1, 0.15) is 0 Å². The lowest BCUT2D eigenvalue weighted by molar-refractivity contribution is 1.33. The lowest BCUT2D eigenvalue weighted by Gasteiger charge is -2.19. The molecule has 9 aromatic rings. The molecular formula is C46H30N2. The molecule has 0 fully saturated rings. The van der Waals surface area contributed by atoms with Crippen molar-refractivity contribution in [2.45, 2.75) is 0 Å². The molecule has 2 nitrogen and oxygen atoms in total. The van der Waals surface area contributed by atoms with Crippen LogP contribution in [0, 0.1) is 0 Å². The summed E-state index contributed by atoms with van der Waals surface area (Å²) in [4.78, 5) is 9.17. The summed E-state index contributed by atoms with van der Waals surface area (Å²) in [5, 5.41) is 7.42. The number of nitrogens with zero attached hydrogens (tertiary/aromatic N) is 2. The maximum absolute atomic E-state index is 4.59. The molecule has 0 aliphatic heterocycles. The molecule has 0 bridgehead atoms. The van der Waals surface area contributed by atoms with Gasteiger partial charge < -0.3 is 0 Å². The van der Waals surface area contributed by atoms with Crippen LogP contribution in [0.3, 0.4) is 0 Å². The average molecular weight is 611 g/mol. The van der Waals surface area contributed by atoms with Crippen LogP contribution in [0.1, 0.15) is 0 Å². The van der Waals surface area contributed by atoms with Crippen molar-refractivity contribution < 1.29 is 0 Å². The SMILES string of the molecule is c1ccc(-c2ccc(-c3c4ccccc4c(-c4ccc(-c5ccccn5)cc4)c4cc(-c5cccc6ccccc56)ccc34)cc2)nc1. The van der Waals surface area contributed by atoms with Gasteiger partial charge in [0.05, 0.1) is 11.4 Å². The Morgan fingerprint density at radius 1 is 0.292 bits per heavy atom. The summed E-state index contributed by atoms with van der Waals surface area (Å²) in [6, 6.07) is 60.9. The molecular weight excluding hydrogens is 581 g/mol. The molecule has 2 aromatic heterocycles. The van der Waals surface area contributed by atoms with E-state index in [2.05, 4.69) is 156 Å². The summed E-state index contributed by atoms with van der Waals surface area (Å²) in [5.41, 5.74) is 11.5. The Labute approximate surface area is 279 Å². The van der Waals surface area contributed by atoms with Gasteiger partial charge in [0.15, 0.2) is 0 Å². The van der Waals surface area contributed by atoms with Gasteiger partial charge in [-0.15, -0.1) is 0 Å². The first-order valence-corrected chi connectivity index (χ1v) is 16.3. The Hall–Kier alpha value is -6.38. The Morgan fingerprint density at radius 3 is 1.33 bits per heavy atom. The van der Waals surface area contributed by atoms with Gasteiger partial charge in [-0.1, -0.05) is 140 Å². The summed E-state index contributed by atoms with van der Waals surface area (Å²) in [6.45, 7) is 0. The number of rotatable bonds is 5. The van der Waals surface area contributed by atoms with Gasteiger partial charge >= 0.3 is 0 Å². The fraction of sp³-hybridized carbons (Fsp3) is 0. The Balaban J connectivity index is 1.31. The summed E-state index contributed by atoms with van der Waals surface area (Å²) >= 11 is 0. The van der Waals surface area contributed by atoms with Crippen molar-refractivity contribution in [2.75, 3.05) is 0 Å². The van der Waals surface area contributed by atoms with E-state index in [1.807, 2.05) is 36.7 Å². The molecule has 9 rings (SSSR count). The van der Waals surface area contributed by atoms with E-state index < -0.39 is 0 Å². The van der Waals surface area contributed by atoms with Crippen LogP contribution in [0.2, 0.25) is 0 Å². The highest BCUT2D eigenvalue weighted by Crippen LogP contribution is 2.45. The van der Waals surface area contributed by atoms with Gasteiger partial charge in [-0.05, 0) is 96.0 Å². The quantitative estimate of drug-likeness (QED) is 0.181. The van der Waals surface area contributed by atoms with E-state index in [4.69, 9.17) is 0 Å². The van der Waals surface area contributed by atoms with Crippen LogP contribution in [0.15, 0.2) is 182 Å². The number of pyridine rings is 2. The van der Waals surface area contributed by atoms with Crippen LogP contribution < -0.4 is 0 Å². The third kappa shape index (κ3) is 4.83. The second-order valence-corrected chi connectivity index (χ2v) is 12.2. The minimum atomic E-state index is 0.974. The predicted molar refractivity (Wildman–Crippen MR) is 202 cm³/mol. The highest BCUT2D eigenvalue weighted by Gasteiger charge is 2.18. The summed E-state index contributed by atoms with van der Waals surface area (Å²) in [6.07, 6.45) is 3.69. The van der Waals surface area contributed by atoms with E-state index in [0.717, 1.165) is 22.5 Å². The van der Waals surface area contributed by atoms with Crippen molar-refractivity contribution in [1.82, 2.24) is 9.97 Å². The number of hydrogen-bond acceptors (Lipinski definition) is 2. The van der Waals surface area contributed by atoms with E-state index in [1.54, 1.807) is 0 Å². The molecule has 0 amide bonds. The minimum Gasteiger partial charge on any atom is -0.256 e. The van der Waals surface area contributed by atoms with Crippen LogP contribution in [0.5, 0.6) is 0 Å². The molecule has 0 radical (unpaired) electrons.